The summed E-state index contributed by atoms with van der Waals surface area (Å²) in [6.45, 7) is 0.663. The van der Waals surface area contributed by atoms with Crippen LogP contribution < -0.4 is 5.32 Å². The molecule has 0 unspecified atom stereocenters. The zero-order valence-electron chi connectivity index (χ0n) is 17.9. The summed E-state index contributed by atoms with van der Waals surface area (Å²) in [6, 6.07) is 14.3. The first kappa shape index (κ1) is 21.5. The lowest BCUT2D eigenvalue weighted by atomic mass is 9.84. The molecule has 1 N–H and O–H groups in total. The molecule has 0 spiro atoms. The largest absolute Gasteiger partial charge is 0.375 e. The minimum absolute atomic E-state index is 0.00878. The number of carbonyl (C=O) groups is 2. The van der Waals surface area contributed by atoms with E-state index in [1.165, 1.54) is 19.2 Å². The lowest BCUT2D eigenvalue weighted by Gasteiger charge is -2.34. The average Bonchev–Trinajstić information content (AvgIpc) is 3.09. The molecule has 0 radical (unpaired) electrons. The average molecular weight is 425 g/mol. The van der Waals surface area contributed by atoms with Crippen LogP contribution >= 0.6 is 0 Å². The van der Waals surface area contributed by atoms with E-state index in [1.807, 2.05) is 35.2 Å². The smallest absolute Gasteiger partial charge is 0.246 e. The lowest BCUT2D eigenvalue weighted by Crippen LogP contribution is -2.50. The van der Waals surface area contributed by atoms with Crippen molar-refractivity contribution in [3.63, 3.8) is 0 Å². The molecule has 5 nitrogen and oxygen atoms in total. The summed E-state index contributed by atoms with van der Waals surface area (Å²) in [5, 5.41) is 3.06. The Labute approximate surface area is 182 Å². The first-order valence-corrected chi connectivity index (χ1v) is 11.0. The third-order valence-electron chi connectivity index (χ3n) is 6.43. The van der Waals surface area contributed by atoms with Crippen LogP contribution in [-0.2, 0) is 20.7 Å². The van der Waals surface area contributed by atoms with Gasteiger partial charge in [0.25, 0.3) is 0 Å². The molecule has 1 aliphatic carbocycles. The number of nitrogens with one attached hydrogen (secondary N) is 1. The van der Waals surface area contributed by atoms with Crippen molar-refractivity contribution in [2.45, 2.75) is 44.2 Å². The molecule has 2 atom stereocenters. The summed E-state index contributed by atoms with van der Waals surface area (Å²) in [7, 11) is 1.50. The predicted octanol–water partition coefficient (Wildman–Crippen LogP) is 3.57. The number of halogens is 1. The van der Waals surface area contributed by atoms with Crippen LogP contribution in [0.3, 0.4) is 0 Å². The van der Waals surface area contributed by atoms with E-state index in [-0.39, 0.29) is 42.2 Å². The fourth-order valence-corrected chi connectivity index (χ4v) is 4.60. The Morgan fingerprint density at radius 3 is 2.52 bits per heavy atom. The van der Waals surface area contributed by atoms with Crippen molar-refractivity contribution in [3.05, 3.63) is 59.9 Å². The van der Waals surface area contributed by atoms with Gasteiger partial charge in [0.2, 0.25) is 11.8 Å². The van der Waals surface area contributed by atoms with Gasteiger partial charge in [0.1, 0.15) is 12.4 Å². The van der Waals surface area contributed by atoms with Gasteiger partial charge in [-0.15, -0.1) is 0 Å². The maximum absolute atomic E-state index is 13.7. The predicted molar refractivity (Wildman–Crippen MR) is 117 cm³/mol. The second kappa shape index (κ2) is 9.60. The molecule has 31 heavy (non-hydrogen) atoms. The number of hydrogen-bond donors (Lipinski definition) is 1. The zero-order chi connectivity index (χ0) is 21.8. The van der Waals surface area contributed by atoms with Gasteiger partial charge in [0, 0.05) is 19.6 Å². The fraction of sp³-hybridized carbons (Fsp3) is 0.440. The summed E-state index contributed by atoms with van der Waals surface area (Å²) in [5.74, 6) is -0.101. The van der Waals surface area contributed by atoms with E-state index in [9.17, 15) is 14.0 Å². The number of methoxy groups -OCH3 is 1. The molecule has 1 saturated carbocycles. The van der Waals surface area contributed by atoms with E-state index in [4.69, 9.17) is 4.74 Å². The number of ether oxygens (including phenoxy) is 1. The molecule has 1 saturated heterocycles. The SMILES string of the molecule is COCC(=O)N[C@H]1CCN(C(=O)C2CCC2)[C@H]1Cc1cccc(-c2cccc(F)c2)c1. The minimum Gasteiger partial charge on any atom is -0.375 e. The van der Waals surface area contributed by atoms with Crippen LogP contribution in [0, 0.1) is 11.7 Å². The third kappa shape index (κ3) is 4.96. The molecular weight excluding hydrogens is 395 g/mol. The van der Waals surface area contributed by atoms with Gasteiger partial charge in [0.15, 0.2) is 0 Å². The first-order chi connectivity index (χ1) is 15.0. The Morgan fingerprint density at radius 1 is 1.10 bits per heavy atom. The van der Waals surface area contributed by atoms with Crippen LogP contribution in [0.5, 0.6) is 0 Å². The van der Waals surface area contributed by atoms with Gasteiger partial charge >= 0.3 is 0 Å². The maximum Gasteiger partial charge on any atom is 0.246 e. The topological polar surface area (TPSA) is 58.6 Å². The van der Waals surface area contributed by atoms with Crippen molar-refractivity contribution < 1.29 is 18.7 Å². The summed E-state index contributed by atoms with van der Waals surface area (Å²) < 4.78 is 18.6. The number of nitrogens with zero attached hydrogens (tertiary/aromatic N) is 1. The van der Waals surface area contributed by atoms with Crippen LogP contribution in [0.1, 0.15) is 31.2 Å². The van der Waals surface area contributed by atoms with Crippen molar-refractivity contribution in [3.8, 4) is 11.1 Å². The monoisotopic (exact) mass is 424 g/mol. The van der Waals surface area contributed by atoms with E-state index < -0.39 is 0 Å². The molecule has 6 heteroatoms. The fourth-order valence-electron chi connectivity index (χ4n) is 4.60. The summed E-state index contributed by atoms with van der Waals surface area (Å²) in [6.07, 6.45) is 4.40. The molecule has 0 bridgehead atoms. The minimum atomic E-state index is -0.267. The van der Waals surface area contributed by atoms with Crippen molar-refractivity contribution in [2.24, 2.45) is 5.92 Å². The van der Waals surface area contributed by atoms with Crippen LogP contribution in [0.15, 0.2) is 48.5 Å². The third-order valence-corrected chi connectivity index (χ3v) is 6.43. The summed E-state index contributed by atoms with van der Waals surface area (Å²) >= 11 is 0. The highest BCUT2D eigenvalue weighted by Gasteiger charge is 2.41. The number of likely N-dealkylation sites (tertiary alicyclic amines) is 1. The maximum atomic E-state index is 13.7. The van der Waals surface area contributed by atoms with Crippen molar-refractivity contribution >= 4 is 11.8 Å². The first-order valence-electron chi connectivity index (χ1n) is 11.0. The Morgan fingerprint density at radius 2 is 1.84 bits per heavy atom. The Balaban J connectivity index is 1.56. The Bertz CT molecular complexity index is 944. The van der Waals surface area contributed by atoms with Crippen molar-refractivity contribution in [1.82, 2.24) is 10.2 Å². The number of carbonyl (C=O) groups excluding carboxylic acids is 2. The lowest BCUT2D eigenvalue weighted by molar-refractivity contribution is -0.139. The van der Waals surface area contributed by atoms with Crippen molar-refractivity contribution in [1.29, 1.82) is 0 Å². The molecule has 2 aromatic rings. The normalized spacial score (nSPS) is 21.0. The van der Waals surface area contributed by atoms with E-state index in [1.54, 1.807) is 6.07 Å². The van der Waals surface area contributed by atoms with Crippen molar-refractivity contribution in [2.75, 3.05) is 20.3 Å². The molecule has 2 amide bonds. The molecule has 2 aliphatic rings. The highest BCUT2D eigenvalue weighted by atomic mass is 19.1. The quantitative estimate of drug-likeness (QED) is 0.739. The number of hydrogen-bond acceptors (Lipinski definition) is 3. The summed E-state index contributed by atoms with van der Waals surface area (Å²) in [4.78, 5) is 27.2. The highest BCUT2D eigenvalue weighted by molar-refractivity contribution is 5.81. The van der Waals surface area contributed by atoms with Crippen LogP contribution in [0.25, 0.3) is 11.1 Å². The van der Waals surface area contributed by atoms with E-state index in [0.29, 0.717) is 13.0 Å². The van der Waals surface area contributed by atoms with Gasteiger partial charge in [-0.1, -0.05) is 42.8 Å². The Kier molecular flexibility index (Phi) is 6.66. The molecule has 2 fully saturated rings. The van der Waals surface area contributed by atoms with E-state index in [0.717, 1.165) is 42.4 Å². The number of amides is 2. The van der Waals surface area contributed by atoms with Crippen LogP contribution in [-0.4, -0.2) is 49.1 Å². The van der Waals surface area contributed by atoms with Gasteiger partial charge in [-0.2, -0.15) is 0 Å². The Hall–Kier alpha value is -2.73. The molecule has 1 aliphatic heterocycles. The van der Waals surface area contributed by atoms with Crippen LogP contribution in [0.4, 0.5) is 4.39 Å². The molecule has 1 heterocycles. The van der Waals surface area contributed by atoms with Gasteiger partial charge < -0.3 is 15.0 Å². The molecular formula is C25H29FN2O3. The standard InChI is InChI=1S/C25H29FN2O3/c1-31-16-24(29)27-22-11-12-28(25(30)18-6-3-7-18)23(22)14-17-5-2-8-19(13-17)20-9-4-10-21(26)15-20/h2,4-5,8-10,13,15,18,22-23H,3,6-7,11-12,14,16H2,1H3,(H,27,29)/t22-,23-/m0/s1. The molecule has 4 rings (SSSR count). The highest BCUT2D eigenvalue weighted by Crippen LogP contribution is 2.33. The van der Waals surface area contributed by atoms with Gasteiger partial charge in [-0.05, 0) is 54.5 Å². The molecule has 164 valence electrons. The van der Waals surface area contributed by atoms with Crippen LogP contribution in [0.2, 0.25) is 0 Å². The van der Waals surface area contributed by atoms with E-state index >= 15 is 0 Å². The molecule has 2 aromatic carbocycles. The van der Waals surface area contributed by atoms with Gasteiger partial charge in [0.05, 0.1) is 12.1 Å². The van der Waals surface area contributed by atoms with Gasteiger partial charge in [-0.25, -0.2) is 4.39 Å². The van der Waals surface area contributed by atoms with E-state index in [2.05, 4.69) is 5.32 Å². The summed E-state index contributed by atoms with van der Waals surface area (Å²) in [5.41, 5.74) is 2.82. The second-order valence-electron chi connectivity index (χ2n) is 8.54. The number of rotatable bonds is 7. The number of benzene rings is 2. The van der Waals surface area contributed by atoms with Gasteiger partial charge in [-0.3, -0.25) is 9.59 Å². The molecule has 0 aromatic heterocycles. The second-order valence-corrected chi connectivity index (χ2v) is 8.54. The zero-order valence-corrected chi connectivity index (χ0v) is 17.9.